The van der Waals surface area contributed by atoms with Crippen molar-refractivity contribution in [2.24, 2.45) is 0 Å². The SMILES string of the molecule is Cc1ccc(S(=O)(=O)N(C)c2cccc(Cl)n2)cc1. The molecule has 0 aliphatic heterocycles. The Bertz CT molecular complexity index is 684. The van der Waals surface area contributed by atoms with Gasteiger partial charge in [0.15, 0.2) is 0 Å². The van der Waals surface area contributed by atoms with Crippen molar-refractivity contribution in [1.29, 1.82) is 0 Å². The van der Waals surface area contributed by atoms with E-state index in [1.807, 2.05) is 6.92 Å². The van der Waals surface area contributed by atoms with E-state index in [0.29, 0.717) is 0 Å². The molecule has 1 heterocycles. The summed E-state index contributed by atoms with van der Waals surface area (Å²) in [4.78, 5) is 4.22. The Morgan fingerprint density at radius 2 is 1.74 bits per heavy atom. The number of aromatic nitrogens is 1. The van der Waals surface area contributed by atoms with Gasteiger partial charge >= 0.3 is 0 Å². The predicted octanol–water partition coefficient (Wildman–Crippen LogP) is 2.87. The molecule has 2 aromatic rings. The van der Waals surface area contributed by atoms with E-state index in [2.05, 4.69) is 4.98 Å². The lowest BCUT2D eigenvalue weighted by Crippen LogP contribution is -2.27. The van der Waals surface area contributed by atoms with Crippen LogP contribution in [0.4, 0.5) is 5.82 Å². The third-order valence-corrected chi connectivity index (χ3v) is 4.69. The van der Waals surface area contributed by atoms with Gasteiger partial charge in [-0.25, -0.2) is 13.4 Å². The first-order valence-electron chi connectivity index (χ1n) is 5.59. The molecule has 0 fully saturated rings. The number of aryl methyl sites for hydroxylation is 1. The molecule has 100 valence electrons. The molecule has 1 aromatic carbocycles. The molecule has 0 saturated carbocycles. The molecule has 0 radical (unpaired) electrons. The maximum Gasteiger partial charge on any atom is 0.265 e. The van der Waals surface area contributed by atoms with Crippen LogP contribution in [0.2, 0.25) is 5.15 Å². The number of hydrogen-bond acceptors (Lipinski definition) is 3. The number of nitrogens with zero attached hydrogens (tertiary/aromatic N) is 2. The van der Waals surface area contributed by atoms with Gasteiger partial charge in [0.2, 0.25) is 0 Å². The summed E-state index contributed by atoms with van der Waals surface area (Å²) in [7, 11) is -2.16. The van der Waals surface area contributed by atoms with Crippen molar-refractivity contribution >= 4 is 27.4 Å². The number of hydrogen-bond donors (Lipinski definition) is 0. The second-order valence-electron chi connectivity index (χ2n) is 4.10. The van der Waals surface area contributed by atoms with Crippen LogP contribution >= 0.6 is 11.6 Å². The van der Waals surface area contributed by atoms with Crippen molar-refractivity contribution < 1.29 is 8.42 Å². The quantitative estimate of drug-likeness (QED) is 0.818. The highest BCUT2D eigenvalue weighted by atomic mass is 35.5. The van der Waals surface area contributed by atoms with Crippen LogP contribution in [-0.4, -0.2) is 20.4 Å². The smallest absolute Gasteiger partial charge is 0.253 e. The zero-order valence-corrected chi connectivity index (χ0v) is 12.1. The molecule has 0 aliphatic carbocycles. The highest BCUT2D eigenvalue weighted by molar-refractivity contribution is 7.92. The van der Waals surface area contributed by atoms with Gasteiger partial charge in [-0.05, 0) is 31.2 Å². The van der Waals surface area contributed by atoms with E-state index in [-0.39, 0.29) is 15.9 Å². The van der Waals surface area contributed by atoms with Crippen molar-refractivity contribution in [1.82, 2.24) is 4.98 Å². The van der Waals surface area contributed by atoms with E-state index in [1.54, 1.807) is 42.5 Å². The molecule has 0 unspecified atom stereocenters. The number of pyridine rings is 1. The van der Waals surface area contributed by atoms with Gasteiger partial charge in [0.25, 0.3) is 10.0 Å². The molecule has 0 aliphatic rings. The van der Waals surface area contributed by atoms with Gasteiger partial charge in [-0.15, -0.1) is 0 Å². The van der Waals surface area contributed by atoms with Crippen molar-refractivity contribution in [2.45, 2.75) is 11.8 Å². The van der Waals surface area contributed by atoms with Crippen LogP contribution < -0.4 is 4.31 Å². The Balaban J connectivity index is 2.42. The van der Waals surface area contributed by atoms with E-state index in [1.165, 1.54) is 7.05 Å². The van der Waals surface area contributed by atoms with Gasteiger partial charge in [0, 0.05) is 7.05 Å². The molecule has 1 aromatic heterocycles. The summed E-state index contributed by atoms with van der Waals surface area (Å²) in [5.74, 6) is 0.285. The van der Waals surface area contributed by atoms with Gasteiger partial charge < -0.3 is 0 Å². The number of rotatable bonds is 3. The number of sulfonamides is 1. The fourth-order valence-electron chi connectivity index (χ4n) is 1.56. The normalized spacial score (nSPS) is 11.3. The van der Waals surface area contributed by atoms with Crippen molar-refractivity contribution in [3.05, 3.63) is 53.2 Å². The van der Waals surface area contributed by atoms with E-state index in [9.17, 15) is 8.42 Å². The average molecular weight is 297 g/mol. The Hall–Kier alpha value is -1.59. The minimum Gasteiger partial charge on any atom is -0.253 e. The summed E-state index contributed by atoms with van der Waals surface area (Å²) in [5.41, 5.74) is 1.00. The first-order chi connectivity index (χ1) is 8.91. The molecular formula is C13H13ClN2O2S. The van der Waals surface area contributed by atoms with Crippen molar-refractivity contribution in [3.63, 3.8) is 0 Å². The van der Waals surface area contributed by atoms with Crippen LogP contribution in [0.3, 0.4) is 0 Å². The van der Waals surface area contributed by atoms with Gasteiger partial charge in [-0.1, -0.05) is 35.4 Å². The van der Waals surface area contributed by atoms with Gasteiger partial charge in [-0.2, -0.15) is 0 Å². The Labute approximate surface area is 117 Å². The second kappa shape index (κ2) is 5.19. The lowest BCUT2D eigenvalue weighted by Gasteiger charge is -2.18. The average Bonchev–Trinajstić information content (AvgIpc) is 2.38. The summed E-state index contributed by atoms with van der Waals surface area (Å²) in [5, 5.41) is 0.253. The monoisotopic (exact) mass is 296 g/mol. The maximum absolute atomic E-state index is 12.4. The first-order valence-corrected chi connectivity index (χ1v) is 7.41. The van der Waals surface area contributed by atoms with E-state index in [4.69, 9.17) is 11.6 Å². The van der Waals surface area contributed by atoms with Gasteiger partial charge in [-0.3, -0.25) is 4.31 Å². The molecule has 0 N–H and O–H groups in total. The second-order valence-corrected chi connectivity index (χ2v) is 6.46. The van der Waals surface area contributed by atoms with Gasteiger partial charge in [0.1, 0.15) is 11.0 Å². The molecule has 0 bridgehead atoms. The Morgan fingerprint density at radius 3 is 2.32 bits per heavy atom. The standard InChI is InChI=1S/C13H13ClN2O2S/c1-10-6-8-11(9-7-10)19(17,18)16(2)13-5-3-4-12(14)15-13/h3-9H,1-2H3. The molecule has 0 spiro atoms. The summed E-state index contributed by atoms with van der Waals surface area (Å²) >= 11 is 5.77. The minimum absolute atomic E-state index is 0.224. The summed E-state index contributed by atoms with van der Waals surface area (Å²) in [6, 6.07) is 11.5. The fourth-order valence-corrected chi connectivity index (χ4v) is 2.87. The van der Waals surface area contributed by atoms with Crippen LogP contribution in [0.15, 0.2) is 47.4 Å². The van der Waals surface area contributed by atoms with Crippen LogP contribution in [0.25, 0.3) is 0 Å². The van der Waals surface area contributed by atoms with Crippen LogP contribution in [0.1, 0.15) is 5.56 Å². The van der Waals surface area contributed by atoms with Gasteiger partial charge in [0.05, 0.1) is 4.90 Å². The van der Waals surface area contributed by atoms with Crippen LogP contribution in [0, 0.1) is 6.92 Å². The van der Waals surface area contributed by atoms with Crippen LogP contribution in [-0.2, 0) is 10.0 Å². The van der Waals surface area contributed by atoms with E-state index >= 15 is 0 Å². The number of halogens is 1. The predicted molar refractivity (Wildman–Crippen MR) is 76.0 cm³/mol. The van der Waals surface area contributed by atoms with Crippen LogP contribution in [0.5, 0.6) is 0 Å². The number of benzene rings is 1. The number of anilines is 1. The third-order valence-electron chi connectivity index (χ3n) is 2.70. The fraction of sp³-hybridized carbons (Fsp3) is 0.154. The Morgan fingerprint density at radius 1 is 1.11 bits per heavy atom. The van der Waals surface area contributed by atoms with Crippen molar-refractivity contribution in [2.75, 3.05) is 11.4 Å². The molecule has 0 saturated heterocycles. The highest BCUT2D eigenvalue weighted by Gasteiger charge is 2.21. The summed E-state index contributed by atoms with van der Waals surface area (Å²) in [6.07, 6.45) is 0. The lowest BCUT2D eigenvalue weighted by molar-refractivity contribution is 0.594. The molecular weight excluding hydrogens is 284 g/mol. The maximum atomic E-state index is 12.4. The molecule has 6 heteroatoms. The zero-order valence-electron chi connectivity index (χ0n) is 10.5. The Kier molecular flexibility index (Phi) is 3.78. The molecule has 4 nitrogen and oxygen atoms in total. The lowest BCUT2D eigenvalue weighted by atomic mass is 10.2. The molecule has 0 atom stereocenters. The summed E-state index contributed by atoms with van der Waals surface area (Å²) < 4.78 is 25.9. The zero-order chi connectivity index (χ0) is 14.0. The molecule has 0 amide bonds. The third kappa shape index (κ3) is 2.88. The minimum atomic E-state index is -3.61. The van der Waals surface area contributed by atoms with E-state index in [0.717, 1.165) is 9.87 Å². The highest BCUT2D eigenvalue weighted by Crippen LogP contribution is 2.21. The van der Waals surface area contributed by atoms with E-state index < -0.39 is 10.0 Å². The molecule has 19 heavy (non-hydrogen) atoms. The largest absolute Gasteiger partial charge is 0.265 e. The topological polar surface area (TPSA) is 50.3 Å². The summed E-state index contributed by atoms with van der Waals surface area (Å²) in [6.45, 7) is 1.90. The first kappa shape index (κ1) is 13.8. The molecule has 2 rings (SSSR count). The van der Waals surface area contributed by atoms with Crippen molar-refractivity contribution in [3.8, 4) is 0 Å².